The SMILES string of the molecule is COc1ccc(CCNc2ccccn2)cc1OC. The molecule has 0 aliphatic carbocycles. The Morgan fingerprint density at radius 3 is 2.58 bits per heavy atom. The summed E-state index contributed by atoms with van der Waals surface area (Å²) in [6, 6.07) is 11.8. The first-order chi connectivity index (χ1) is 9.33. The number of hydrogen-bond acceptors (Lipinski definition) is 4. The molecule has 1 aromatic carbocycles. The number of benzene rings is 1. The number of hydrogen-bond donors (Lipinski definition) is 1. The molecule has 0 aliphatic rings. The Morgan fingerprint density at radius 2 is 1.89 bits per heavy atom. The molecule has 1 heterocycles. The molecule has 2 rings (SSSR count). The molecule has 0 saturated carbocycles. The van der Waals surface area contributed by atoms with Gasteiger partial charge in [-0.2, -0.15) is 0 Å². The average molecular weight is 258 g/mol. The van der Waals surface area contributed by atoms with E-state index in [1.165, 1.54) is 5.56 Å². The largest absolute Gasteiger partial charge is 0.493 e. The Balaban J connectivity index is 1.93. The standard InChI is InChI=1S/C15H18N2O2/c1-18-13-7-6-12(11-14(13)19-2)8-10-17-15-5-3-4-9-16-15/h3-7,9,11H,8,10H2,1-2H3,(H,16,17). The van der Waals surface area contributed by atoms with Crippen molar-refractivity contribution < 1.29 is 9.47 Å². The number of nitrogens with one attached hydrogen (secondary N) is 1. The van der Waals surface area contributed by atoms with E-state index in [1.54, 1.807) is 20.4 Å². The predicted molar refractivity (Wildman–Crippen MR) is 76.0 cm³/mol. The molecule has 0 amide bonds. The maximum atomic E-state index is 5.28. The molecule has 0 radical (unpaired) electrons. The van der Waals surface area contributed by atoms with Crippen LogP contribution in [0, 0.1) is 0 Å². The van der Waals surface area contributed by atoms with Gasteiger partial charge in [-0.15, -0.1) is 0 Å². The summed E-state index contributed by atoms with van der Waals surface area (Å²) in [6.45, 7) is 0.826. The monoisotopic (exact) mass is 258 g/mol. The van der Waals surface area contributed by atoms with E-state index >= 15 is 0 Å². The zero-order valence-corrected chi connectivity index (χ0v) is 11.2. The van der Waals surface area contributed by atoms with Crippen molar-refractivity contribution in [2.45, 2.75) is 6.42 Å². The third-order valence-corrected chi connectivity index (χ3v) is 2.83. The summed E-state index contributed by atoms with van der Waals surface area (Å²) in [7, 11) is 3.29. The van der Waals surface area contributed by atoms with Gasteiger partial charge in [0.2, 0.25) is 0 Å². The Hall–Kier alpha value is -2.23. The molecule has 2 aromatic rings. The minimum Gasteiger partial charge on any atom is -0.493 e. The van der Waals surface area contributed by atoms with Gasteiger partial charge in [0.05, 0.1) is 14.2 Å². The second-order valence-electron chi connectivity index (χ2n) is 4.08. The van der Waals surface area contributed by atoms with Crippen molar-refractivity contribution in [2.75, 3.05) is 26.1 Å². The van der Waals surface area contributed by atoms with E-state index in [2.05, 4.69) is 10.3 Å². The molecule has 0 fully saturated rings. The molecule has 1 aromatic heterocycles. The van der Waals surface area contributed by atoms with Crippen molar-refractivity contribution in [3.63, 3.8) is 0 Å². The first-order valence-electron chi connectivity index (χ1n) is 6.19. The second-order valence-corrected chi connectivity index (χ2v) is 4.08. The topological polar surface area (TPSA) is 43.4 Å². The first kappa shape index (κ1) is 13.2. The van der Waals surface area contributed by atoms with Crippen LogP contribution in [0.2, 0.25) is 0 Å². The third-order valence-electron chi connectivity index (χ3n) is 2.83. The van der Waals surface area contributed by atoms with E-state index in [9.17, 15) is 0 Å². The molecule has 100 valence electrons. The van der Waals surface area contributed by atoms with Gasteiger partial charge in [-0.25, -0.2) is 4.98 Å². The van der Waals surface area contributed by atoms with E-state index in [0.717, 1.165) is 30.3 Å². The first-order valence-corrected chi connectivity index (χ1v) is 6.19. The van der Waals surface area contributed by atoms with Gasteiger partial charge in [-0.3, -0.25) is 0 Å². The van der Waals surface area contributed by atoms with Crippen LogP contribution in [0.15, 0.2) is 42.6 Å². The van der Waals surface area contributed by atoms with Crippen molar-refractivity contribution in [3.8, 4) is 11.5 Å². The van der Waals surface area contributed by atoms with Crippen LogP contribution in [-0.4, -0.2) is 25.7 Å². The van der Waals surface area contributed by atoms with Crippen LogP contribution in [0.1, 0.15) is 5.56 Å². The molecule has 0 atom stereocenters. The summed E-state index contributed by atoms with van der Waals surface area (Å²) in [6.07, 6.45) is 2.68. The van der Waals surface area contributed by atoms with E-state index < -0.39 is 0 Å². The second kappa shape index (κ2) is 6.64. The van der Waals surface area contributed by atoms with Crippen LogP contribution in [0.3, 0.4) is 0 Å². The lowest BCUT2D eigenvalue weighted by atomic mass is 10.1. The van der Waals surface area contributed by atoms with Crippen LogP contribution in [0.5, 0.6) is 11.5 Å². The Labute approximate surface area is 113 Å². The smallest absolute Gasteiger partial charge is 0.160 e. The van der Waals surface area contributed by atoms with Crippen LogP contribution < -0.4 is 14.8 Å². The lowest BCUT2D eigenvalue weighted by Crippen LogP contribution is -2.06. The summed E-state index contributed by atoms with van der Waals surface area (Å²) in [4.78, 5) is 4.22. The maximum Gasteiger partial charge on any atom is 0.160 e. The molecule has 0 spiro atoms. The minimum atomic E-state index is 0.754. The van der Waals surface area contributed by atoms with Crippen molar-refractivity contribution in [3.05, 3.63) is 48.2 Å². The molecule has 1 N–H and O–H groups in total. The molecule has 4 nitrogen and oxygen atoms in total. The molecule has 0 aliphatic heterocycles. The summed E-state index contributed by atoms with van der Waals surface area (Å²) in [5.74, 6) is 2.41. The molecule has 19 heavy (non-hydrogen) atoms. The van der Waals surface area contributed by atoms with Crippen LogP contribution in [0.4, 0.5) is 5.82 Å². The lowest BCUT2D eigenvalue weighted by molar-refractivity contribution is 0.354. The third kappa shape index (κ3) is 3.61. The summed E-state index contributed by atoms with van der Waals surface area (Å²) in [5.41, 5.74) is 1.20. The van der Waals surface area contributed by atoms with Gasteiger partial charge in [-0.05, 0) is 36.2 Å². The van der Waals surface area contributed by atoms with Crippen LogP contribution in [-0.2, 0) is 6.42 Å². The maximum absolute atomic E-state index is 5.28. The number of aromatic nitrogens is 1. The van der Waals surface area contributed by atoms with Crippen LogP contribution in [0.25, 0.3) is 0 Å². The van der Waals surface area contributed by atoms with Crippen molar-refractivity contribution in [2.24, 2.45) is 0 Å². The van der Waals surface area contributed by atoms with Gasteiger partial charge in [0, 0.05) is 12.7 Å². The minimum absolute atomic E-state index is 0.754. The predicted octanol–water partition coefficient (Wildman–Crippen LogP) is 2.75. The molecule has 0 saturated heterocycles. The highest BCUT2D eigenvalue weighted by Crippen LogP contribution is 2.27. The number of methoxy groups -OCH3 is 2. The molecule has 0 bridgehead atoms. The van der Waals surface area contributed by atoms with Gasteiger partial charge in [0.15, 0.2) is 11.5 Å². The normalized spacial score (nSPS) is 10.0. The number of rotatable bonds is 6. The average Bonchev–Trinajstić information content (AvgIpc) is 2.48. The Kier molecular flexibility index (Phi) is 4.61. The molecule has 0 unspecified atom stereocenters. The highest BCUT2D eigenvalue weighted by Gasteiger charge is 2.04. The highest BCUT2D eigenvalue weighted by atomic mass is 16.5. The quantitative estimate of drug-likeness (QED) is 0.865. The van der Waals surface area contributed by atoms with E-state index in [4.69, 9.17) is 9.47 Å². The summed E-state index contributed by atoms with van der Waals surface area (Å²) in [5, 5.41) is 3.28. The Morgan fingerprint density at radius 1 is 1.05 bits per heavy atom. The Bertz CT molecular complexity index is 515. The van der Waals surface area contributed by atoms with Crippen molar-refractivity contribution >= 4 is 5.82 Å². The fraction of sp³-hybridized carbons (Fsp3) is 0.267. The number of nitrogens with zero attached hydrogens (tertiary/aromatic N) is 1. The van der Waals surface area contributed by atoms with E-state index in [1.807, 2.05) is 36.4 Å². The molecule has 4 heteroatoms. The highest BCUT2D eigenvalue weighted by molar-refractivity contribution is 5.43. The number of anilines is 1. The number of pyridine rings is 1. The van der Waals surface area contributed by atoms with E-state index in [0.29, 0.717) is 0 Å². The van der Waals surface area contributed by atoms with Gasteiger partial charge in [-0.1, -0.05) is 12.1 Å². The van der Waals surface area contributed by atoms with Gasteiger partial charge in [0.1, 0.15) is 5.82 Å². The molecular formula is C15H18N2O2. The fourth-order valence-electron chi connectivity index (χ4n) is 1.84. The van der Waals surface area contributed by atoms with Crippen molar-refractivity contribution in [1.29, 1.82) is 0 Å². The van der Waals surface area contributed by atoms with Crippen LogP contribution >= 0.6 is 0 Å². The van der Waals surface area contributed by atoms with E-state index in [-0.39, 0.29) is 0 Å². The number of ether oxygens (including phenoxy) is 2. The van der Waals surface area contributed by atoms with Crippen molar-refractivity contribution in [1.82, 2.24) is 4.98 Å². The fourth-order valence-corrected chi connectivity index (χ4v) is 1.84. The van der Waals surface area contributed by atoms with Gasteiger partial charge < -0.3 is 14.8 Å². The summed E-state index contributed by atoms with van der Waals surface area (Å²) < 4.78 is 10.5. The molecular weight excluding hydrogens is 240 g/mol. The lowest BCUT2D eigenvalue weighted by Gasteiger charge is -2.10. The zero-order chi connectivity index (χ0) is 13.5. The summed E-state index contributed by atoms with van der Waals surface area (Å²) >= 11 is 0. The van der Waals surface area contributed by atoms with Gasteiger partial charge in [0.25, 0.3) is 0 Å². The van der Waals surface area contributed by atoms with Gasteiger partial charge >= 0.3 is 0 Å². The zero-order valence-electron chi connectivity index (χ0n) is 11.2.